The van der Waals surface area contributed by atoms with Crippen LogP contribution in [0.1, 0.15) is 11.1 Å². The van der Waals surface area contributed by atoms with Crippen molar-refractivity contribution in [2.24, 2.45) is 0 Å². The third-order valence-corrected chi connectivity index (χ3v) is 3.38. The van der Waals surface area contributed by atoms with Crippen LogP contribution in [-0.4, -0.2) is 11.9 Å². The molecule has 0 unspecified atom stereocenters. The van der Waals surface area contributed by atoms with Gasteiger partial charge in [0, 0.05) is 23.2 Å². The van der Waals surface area contributed by atoms with E-state index in [-0.39, 0.29) is 5.82 Å². The molecule has 0 saturated carbocycles. The van der Waals surface area contributed by atoms with Gasteiger partial charge >= 0.3 is 0 Å². The number of benzene rings is 2. The summed E-state index contributed by atoms with van der Waals surface area (Å²) >= 11 is 3.39. The lowest BCUT2D eigenvalue weighted by atomic mass is 10.1. The third kappa shape index (κ3) is 4.04. The van der Waals surface area contributed by atoms with Gasteiger partial charge in [-0.25, -0.2) is 4.39 Å². The second-order valence-corrected chi connectivity index (χ2v) is 5.56. The Balaban J connectivity index is 2.03. The first kappa shape index (κ1) is 14.0. The second-order valence-electron chi connectivity index (χ2n) is 4.65. The fourth-order valence-corrected chi connectivity index (χ4v) is 2.38. The molecule has 2 aromatic rings. The van der Waals surface area contributed by atoms with E-state index in [1.165, 1.54) is 6.07 Å². The van der Waals surface area contributed by atoms with Gasteiger partial charge in [-0.3, -0.25) is 4.90 Å². The van der Waals surface area contributed by atoms with Crippen LogP contribution < -0.4 is 5.73 Å². The highest BCUT2D eigenvalue weighted by Gasteiger charge is 2.05. The molecule has 0 amide bonds. The van der Waals surface area contributed by atoms with Gasteiger partial charge in [0.25, 0.3) is 0 Å². The maximum Gasteiger partial charge on any atom is 0.123 e. The zero-order valence-corrected chi connectivity index (χ0v) is 12.3. The molecule has 0 saturated heterocycles. The number of hydrogen-bond donors (Lipinski definition) is 1. The van der Waals surface area contributed by atoms with Crippen LogP contribution in [0.15, 0.2) is 46.9 Å². The molecule has 2 aromatic carbocycles. The highest BCUT2D eigenvalue weighted by molar-refractivity contribution is 9.10. The number of halogens is 2. The standard InChI is InChI=1S/C15H16BrFN2/c1-19(9-11-3-2-4-14(17)7-11)10-12-5-6-13(16)8-15(12)18/h2-8H,9-10,18H2,1H3. The van der Waals surface area contributed by atoms with Crippen molar-refractivity contribution in [2.45, 2.75) is 13.1 Å². The molecule has 0 aliphatic carbocycles. The van der Waals surface area contributed by atoms with E-state index in [4.69, 9.17) is 5.73 Å². The molecule has 19 heavy (non-hydrogen) atoms. The van der Waals surface area contributed by atoms with Crippen LogP contribution in [0.25, 0.3) is 0 Å². The Bertz CT molecular complexity index is 572. The number of nitrogens with zero attached hydrogens (tertiary/aromatic N) is 1. The predicted octanol–water partition coefficient (Wildman–Crippen LogP) is 3.80. The van der Waals surface area contributed by atoms with E-state index in [0.717, 1.165) is 27.8 Å². The average molecular weight is 323 g/mol. The van der Waals surface area contributed by atoms with Gasteiger partial charge in [-0.15, -0.1) is 0 Å². The van der Waals surface area contributed by atoms with Crippen LogP contribution in [0.4, 0.5) is 10.1 Å². The fourth-order valence-electron chi connectivity index (χ4n) is 2.00. The highest BCUT2D eigenvalue weighted by atomic mass is 79.9. The van der Waals surface area contributed by atoms with Gasteiger partial charge < -0.3 is 5.73 Å². The minimum atomic E-state index is -0.200. The Hall–Kier alpha value is -1.39. The summed E-state index contributed by atoms with van der Waals surface area (Å²) in [4.78, 5) is 2.11. The third-order valence-electron chi connectivity index (χ3n) is 2.89. The summed E-state index contributed by atoms with van der Waals surface area (Å²) in [6.07, 6.45) is 0. The van der Waals surface area contributed by atoms with Crippen LogP contribution in [0.2, 0.25) is 0 Å². The smallest absolute Gasteiger partial charge is 0.123 e. The number of anilines is 1. The Labute approximate surface area is 121 Å². The number of nitrogens with two attached hydrogens (primary N) is 1. The number of nitrogen functional groups attached to an aromatic ring is 1. The van der Waals surface area contributed by atoms with Gasteiger partial charge in [0.15, 0.2) is 0 Å². The van der Waals surface area contributed by atoms with Crippen LogP contribution in [0.3, 0.4) is 0 Å². The van der Waals surface area contributed by atoms with E-state index < -0.39 is 0 Å². The monoisotopic (exact) mass is 322 g/mol. The first-order valence-corrected chi connectivity index (χ1v) is 6.81. The second kappa shape index (κ2) is 6.17. The molecule has 0 fully saturated rings. The minimum absolute atomic E-state index is 0.200. The van der Waals surface area contributed by atoms with Crippen molar-refractivity contribution in [1.82, 2.24) is 4.90 Å². The van der Waals surface area contributed by atoms with Crippen molar-refractivity contribution in [3.63, 3.8) is 0 Å². The Morgan fingerprint density at radius 2 is 1.95 bits per heavy atom. The van der Waals surface area contributed by atoms with Crippen LogP contribution in [0, 0.1) is 5.82 Å². The highest BCUT2D eigenvalue weighted by Crippen LogP contribution is 2.20. The molecular formula is C15H16BrFN2. The molecule has 0 heterocycles. The normalized spacial score (nSPS) is 10.9. The van der Waals surface area contributed by atoms with Crippen molar-refractivity contribution in [2.75, 3.05) is 12.8 Å². The number of hydrogen-bond acceptors (Lipinski definition) is 2. The Kier molecular flexibility index (Phi) is 4.56. The number of rotatable bonds is 4. The van der Waals surface area contributed by atoms with Crippen molar-refractivity contribution >= 4 is 21.6 Å². The molecule has 0 spiro atoms. The molecule has 4 heteroatoms. The van der Waals surface area contributed by atoms with E-state index in [0.29, 0.717) is 6.54 Å². The zero-order chi connectivity index (χ0) is 13.8. The molecule has 0 aliphatic rings. The maximum atomic E-state index is 13.1. The minimum Gasteiger partial charge on any atom is -0.398 e. The van der Waals surface area contributed by atoms with Gasteiger partial charge in [-0.05, 0) is 42.4 Å². The molecule has 2 rings (SSSR count). The first-order valence-electron chi connectivity index (χ1n) is 6.01. The lowest BCUT2D eigenvalue weighted by Crippen LogP contribution is -2.18. The summed E-state index contributed by atoms with van der Waals surface area (Å²) in [6, 6.07) is 12.5. The average Bonchev–Trinajstić information content (AvgIpc) is 2.33. The van der Waals surface area contributed by atoms with Gasteiger partial charge in [-0.1, -0.05) is 34.1 Å². The van der Waals surface area contributed by atoms with Crippen molar-refractivity contribution in [3.05, 3.63) is 63.9 Å². The molecule has 0 aliphatic heterocycles. The molecule has 0 radical (unpaired) electrons. The lowest BCUT2D eigenvalue weighted by molar-refractivity contribution is 0.319. The SMILES string of the molecule is CN(Cc1cccc(F)c1)Cc1ccc(Br)cc1N. The molecule has 2 N–H and O–H groups in total. The van der Waals surface area contributed by atoms with Crippen molar-refractivity contribution in [1.29, 1.82) is 0 Å². The van der Waals surface area contributed by atoms with E-state index in [1.807, 2.05) is 31.3 Å². The van der Waals surface area contributed by atoms with Crippen molar-refractivity contribution < 1.29 is 4.39 Å². The largest absolute Gasteiger partial charge is 0.398 e. The van der Waals surface area contributed by atoms with E-state index in [2.05, 4.69) is 20.8 Å². The van der Waals surface area contributed by atoms with Gasteiger partial charge in [-0.2, -0.15) is 0 Å². The Morgan fingerprint density at radius 3 is 2.63 bits per heavy atom. The van der Waals surface area contributed by atoms with E-state index >= 15 is 0 Å². The molecule has 0 aromatic heterocycles. The lowest BCUT2D eigenvalue weighted by Gasteiger charge is -2.18. The molecule has 2 nitrogen and oxygen atoms in total. The van der Waals surface area contributed by atoms with Crippen LogP contribution in [-0.2, 0) is 13.1 Å². The summed E-state index contributed by atoms with van der Waals surface area (Å²) < 4.78 is 14.1. The predicted molar refractivity (Wildman–Crippen MR) is 80.1 cm³/mol. The summed E-state index contributed by atoms with van der Waals surface area (Å²) in [7, 11) is 1.99. The fraction of sp³-hybridized carbons (Fsp3) is 0.200. The van der Waals surface area contributed by atoms with E-state index in [1.54, 1.807) is 12.1 Å². The van der Waals surface area contributed by atoms with Gasteiger partial charge in [0.05, 0.1) is 0 Å². The summed E-state index contributed by atoms with van der Waals surface area (Å²) in [5, 5.41) is 0. The summed E-state index contributed by atoms with van der Waals surface area (Å²) in [5.74, 6) is -0.200. The molecule has 100 valence electrons. The molecule has 0 bridgehead atoms. The Morgan fingerprint density at radius 1 is 1.16 bits per heavy atom. The van der Waals surface area contributed by atoms with Gasteiger partial charge in [0.2, 0.25) is 0 Å². The summed E-state index contributed by atoms with van der Waals surface area (Å²) in [6.45, 7) is 1.42. The first-order chi connectivity index (χ1) is 9.04. The topological polar surface area (TPSA) is 29.3 Å². The maximum absolute atomic E-state index is 13.1. The van der Waals surface area contributed by atoms with Crippen LogP contribution in [0.5, 0.6) is 0 Å². The van der Waals surface area contributed by atoms with Crippen LogP contribution >= 0.6 is 15.9 Å². The van der Waals surface area contributed by atoms with Gasteiger partial charge in [0.1, 0.15) is 5.82 Å². The summed E-state index contributed by atoms with van der Waals surface area (Å²) in [5.41, 5.74) is 8.76. The zero-order valence-electron chi connectivity index (χ0n) is 10.7. The quantitative estimate of drug-likeness (QED) is 0.867. The molecular weight excluding hydrogens is 307 g/mol. The van der Waals surface area contributed by atoms with E-state index in [9.17, 15) is 4.39 Å². The molecule has 0 atom stereocenters. The van der Waals surface area contributed by atoms with Crippen molar-refractivity contribution in [3.8, 4) is 0 Å².